The monoisotopic (exact) mass is 514 g/mol. The molecule has 1 aliphatic carbocycles. The van der Waals surface area contributed by atoms with Gasteiger partial charge in [-0.3, -0.25) is 9.69 Å². The molecule has 37 heavy (non-hydrogen) atoms. The third-order valence-electron chi connectivity index (χ3n) is 7.01. The summed E-state index contributed by atoms with van der Waals surface area (Å²) in [5, 5.41) is 28.9. The average molecular weight is 514 g/mol. The van der Waals surface area contributed by atoms with Crippen molar-refractivity contribution in [1.82, 2.24) is 4.98 Å². The molecule has 1 aromatic carbocycles. The largest absolute Gasteiger partial charge is 0.488 e. The number of aliphatic hydroxyl groups excluding tert-OH is 2. The van der Waals surface area contributed by atoms with Crippen LogP contribution >= 0.6 is 0 Å². The lowest BCUT2D eigenvalue weighted by molar-refractivity contribution is -0.138. The van der Waals surface area contributed by atoms with Gasteiger partial charge in [0.1, 0.15) is 35.7 Å². The average Bonchev–Trinajstić information content (AvgIpc) is 3.08. The minimum atomic E-state index is -4.90. The van der Waals surface area contributed by atoms with Crippen molar-refractivity contribution in [2.75, 3.05) is 9.80 Å². The van der Waals surface area contributed by atoms with Crippen LogP contribution in [0, 0.1) is 11.3 Å². The highest BCUT2D eigenvalue weighted by Crippen LogP contribution is 2.48. The molecule has 192 valence electrons. The summed E-state index contributed by atoms with van der Waals surface area (Å²) in [6.07, 6.45) is -4.14. The highest BCUT2D eigenvalue weighted by molar-refractivity contribution is 6.30. The van der Waals surface area contributed by atoms with Gasteiger partial charge in [0, 0.05) is 11.3 Å². The van der Waals surface area contributed by atoms with Crippen molar-refractivity contribution in [3.63, 3.8) is 0 Å². The highest BCUT2D eigenvalue weighted by Gasteiger charge is 2.61. The Kier molecular flexibility index (Phi) is 5.73. The van der Waals surface area contributed by atoms with Crippen LogP contribution < -0.4 is 9.80 Å². The molecular formula is C25H21F3N4O5. The molecule has 3 heterocycles. The van der Waals surface area contributed by atoms with Crippen molar-refractivity contribution >= 4 is 29.1 Å². The van der Waals surface area contributed by atoms with Gasteiger partial charge in [0.15, 0.2) is 5.69 Å². The number of nitriles is 1. The number of ether oxygens (including phenoxy) is 1. The number of carbonyl (C=O) groups excluding carboxylic acids is 2. The normalized spacial score (nSPS) is 25.0. The van der Waals surface area contributed by atoms with Crippen molar-refractivity contribution < 1.29 is 37.7 Å². The van der Waals surface area contributed by atoms with Gasteiger partial charge in [-0.2, -0.15) is 18.4 Å². The third kappa shape index (κ3) is 3.82. The molecule has 2 N–H and O–H groups in total. The second-order valence-electron chi connectivity index (χ2n) is 9.22. The van der Waals surface area contributed by atoms with Crippen molar-refractivity contribution in [1.29, 1.82) is 5.26 Å². The van der Waals surface area contributed by atoms with Crippen LogP contribution in [0.5, 0.6) is 0 Å². The van der Waals surface area contributed by atoms with E-state index in [9.17, 15) is 33.0 Å². The Bertz CT molecular complexity index is 1350. The maximum absolute atomic E-state index is 13.5. The first-order valence-electron chi connectivity index (χ1n) is 11.5. The summed E-state index contributed by atoms with van der Waals surface area (Å²) in [5.41, 5.74) is -2.88. The number of pyridine rings is 1. The number of imide groups is 1. The molecule has 3 amide bonds. The number of aromatic nitrogens is 1. The quantitative estimate of drug-likeness (QED) is 0.602. The van der Waals surface area contributed by atoms with Gasteiger partial charge in [0.2, 0.25) is 0 Å². The Morgan fingerprint density at radius 3 is 2.38 bits per heavy atom. The zero-order valence-electron chi connectivity index (χ0n) is 19.4. The fraction of sp³-hybridized carbons (Fsp3) is 0.360. The molecule has 12 heteroatoms. The Balaban J connectivity index is 1.50. The van der Waals surface area contributed by atoms with Gasteiger partial charge >= 0.3 is 12.2 Å². The van der Waals surface area contributed by atoms with Gasteiger partial charge in [-0.05, 0) is 62.6 Å². The Hall–Kier alpha value is -3.95. The minimum absolute atomic E-state index is 0.335. The van der Waals surface area contributed by atoms with E-state index >= 15 is 0 Å². The lowest BCUT2D eigenvalue weighted by Gasteiger charge is -2.42. The Morgan fingerprint density at radius 2 is 1.84 bits per heavy atom. The van der Waals surface area contributed by atoms with Crippen molar-refractivity contribution in [3.05, 3.63) is 59.4 Å². The summed E-state index contributed by atoms with van der Waals surface area (Å²) in [4.78, 5) is 32.5. The first-order valence-corrected chi connectivity index (χ1v) is 11.5. The molecule has 2 fully saturated rings. The predicted octanol–water partition coefficient (Wildman–Crippen LogP) is 3.35. The van der Waals surface area contributed by atoms with Gasteiger partial charge in [0.05, 0.1) is 17.4 Å². The van der Waals surface area contributed by atoms with E-state index in [1.807, 2.05) is 0 Å². The van der Waals surface area contributed by atoms with Crippen LogP contribution in [0.2, 0.25) is 0 Å². The second kappa shape index (κ2) is 8.57. The number of urea groups is 1. The Labute approximate surface area is 209 Å². The molecule has 5 rings (SSSR count). The van der Waals surface area contributed by atoms with Gasteiger partial charge in [0.25, 0.3) is 5.91 Å². The molecule has 0 bridgehead atoms. The molecule has 9 nitrogen and oxygen atoms in total. The molecule has 1 saturated heterocycles. The number of rotatable bonds is 3. The molecule has 2 aromatic rings. The zero-order valence-corrected chi connectivity index (χ0v) is 19.4. The number of nitrogens with zero attached hydrogens (tertiary/aromatic N) is 4. The molecule has 1 saturated carbocycles. The molecule has 0 radical (unpaired) electrons. The number of anilines is 2. The van der Waals surface area contributed by atoms with Crippen LogP contribution in [0.25, 0.3) is 5.76 Å². The molecule has 1 aromatic heterocycles. The van der Waals surface area contributed by atoms with Crippen LogP contribution in [0.3, 0.4) is 0 Å². The van der Waals surface area contributed by atoms with Crippen LogP contribution in [-0.2, 0) is 15.7 Å². The van der Waals surface area contributed by atoms with Gasteiger partial charge < -0.3 is 14.9 Å². The molecule has 2 aliphatic heterocycles. The third-order valence-corrected chi connectivity index (χ3v) is 7.01. The minimum Gasteiger partial charge on any atom is -0.488 e. The summed E-state index contributed by atoms with van der Waals surface area (Å²) in [5.74, 6) is -0.319. The number of hydrogen-bond acceptors (Lipinski definition) is 7. The van der Waals surface area contributed by atoms with E-state index in [0.717, 1.165) is 6.20 Å². The van der Waals surface area contributed by atoms with E-state index < -0.39 is 53.2 Å². The fourth-order valence-corrected chi connectivity index (χ4v) is 4.87. The SMILES string of the molecule is C[C@H]1OC(c2ccc(N3C(=O)N(c4cnc(C#N)c(C(F)(F)F)c4)C(=O)C34CCC4)cc2)=C[C@@H](O)[C@@H]1O. The van der Waals surface area contributed by atoms with Gasteiger partial charge in [-0.25, -0.2) is 14.7 Å². The number of hydrogen-bond donors (Lipinski definition) is 2. The van der Waals surface area contributed by atoms with Crippen LogP contribution in [0.1, 0.15) is 43.0 Å². The summed E-state index contributed by atoms with van der Waals surface area (Å²) in [6.45, 7) is 1.61. The number of carbonyl (C=O) groups is 2. The van der Waals surface area contributed by atoms with E-state index in [1.165, 1.54) is 17.0 Å². The maximum Gasteiger partial charge on any atom is 0.419 e. The molecule has 3 atom stereocenters. The van der Waals surface area contributed by atoms with Gasteiger partial charge in [-0.15, -0.1) is 0 Å². The molecule has 3 aliphatic rings. The Morgan fingerprint density at radius 1 is 1.16 bits per heavy atom. The maximum atomic E-state index is 13.5. The number of halogens is 3. The molecular weight excluding hydrogens is 493 g/mol. The number of benzene rings is 1. The van der Waals surface area contributed by atoms with E-state index in [2.05, 4.69) is 4.98 Å². The van der Waals surface area contributed by atoms with Crippen molar-refractivity contribution in [3.8, 4) is 6.07 Å². The fourth-order valence-electron chi connectivity index (χ4n) is 4.87. The van der Waals surface area contributed by atoms with E-state index in [-0.39, 0.29) is 5.69 Å². The summed E-state index contributed by atoms with van der Waals surface area (Å²) in [6, 6.07) is 7.55. The smallest absolute Gasteiger partial charge is 0.419 e. The number of alkyl halides is 3. The van der Waals surface area contributed by atoms with E-state index in [4.69, 9.17) is 10.00 Å². The number of amides is 3. The van der Waals surface area contributed by atoms with Crippen LogP contribution in [0.4, 0.5) is 29.3 Å². The lowest BCUT2D eigenvalue weighted by atomic mass is 9.75. The molecule has 0 unspecified atom stereocenters. The van der Waals surface area contributed by atoms with Crippen LogP contribution in [-0.4, -0.2) is 51.0 Å². The van der Waals surface area contributed by atoms with Crippen molar-refractivity contribution in [2.45, 2.75) is 56.2 Å². The van der Waals surface area contributed by atoms with Crippen molar-refractivity contribution in [2.24, 2.45) is 0 Å². The summed E-state index contributed by atoms with van der Waals surface area (Å²) in [7, 11) is 0. The predicted molar refractivity (Wildman–Crippen MR) is 123 cm³/mol. The van der Waals surface area contributed by atoms with Gasteiger partial charge in [-0.1, -0.05) is 0 Å². The van der Waals surface area contributed by atoms with E-state index in [0.29, 0.717) is 47.2 Å². The second-order valence-corrected chi connectivity index (χ2v) is 9.22. The first-order chi connectivity index (χ1) is 17.5. The lowest BCUT2D eigenvalue weighted by Crippen LogP contribution is -2.55. The zero-order chi connectivity index (χ0) is 26.7. The van der Waals surface area contributed by atoms with E-state index in [1.54, 1.807) is 31.2 Å². The highest BCUT2D eigenvalue weighted by atomic mass is 19.4. The standard InChI is InChI=1S/C25H21F3N4O5/c1-13-21(34)19(33)10-20(37-13)14-3-5-15(6-4-14)32-23(36)31(22(35)24(32)7-2-8-24)16-9-17(25(26,27)28)18(11-29)30-12-16/h3-6,9-10,12-13,19,21,33-34H,2,7-8H2,1H3/t13-,19-,21-/m1/s1. The number of aliphatic hydroxyl groups is 2. The molecule has 1 spiro atoms. The summed E-state index contributed by atoms with van der Waals surface area (Å²) < 4.78 is 46.1. The summed E-state index contributed by atoms with van der Waals surface area (Å²) >= 11 is 0. The first kappa shape index (κ1) is 24.7. The van der Waals surface area contributed by atoms with Crippen LogP contribution in [0.15, 0.2) is 42.6 Å². The topological polar surface area (TPSA) is 127 Å².